The largest absolute Gasteiger partial charge is 0.355 e. The number of aromatic amines is 1. The lowest BCUT2D eigenvalue weighted by molar-refractivity contribution is -0.120. The highest BCUT2D eigenvalue weighted by Gasteiger charge is 2.08. The molecule has 2 N–H and O–H groups in total. The summed E-state index contributed by atoms with van der Waals surface area (Å²) >= 11 is 0. The van der Waals surface area contributed by atoms with E-state index in [-0.39, 0.29) is 23.7 Å². The Labute approximate surface area is 151 Å². The molecule has 1 amide bonds. The third-order valence-electron chi connectivity index (χ3n) is 4.62. The summed E-state index contributed by atoms with van der Waals surface area (Å²) < 4.78 is 12.9. The first-order valence-electron chi connectivity index (χ1n) is 8.57. The standard InChI is InChI=1S/C21H21FN2O2/c1-13-3-6-16-12-17(21(26)24-20(16)14(13)2)9-10-23-19(25)11-15-4-7-18(22)8-5-15/h3-8,12H,9-11H2,1-2H3,(H,23,25)(H,24,26). The molecule has 0 unspecified atom stereocenters. The fourth-order valence-electron chi connectivity index (χ4n) is 2.94. The van der Waals surface area contributed by atoms with Gasteiger partial charge in [-0.3, -0.25) is 9.59 Å². The van der Waals surface area contributed by atoms with Gasteiger partial charge in [0.2, 0.25) is 5.91 Å². The molecule has 0 fully saturated rings. The number of hydrogen-bond donors (Lipinski definition) is 2. The van der Waals surface area contributed by atoms with Crippen molar-refractivity contribution in [1.29, 1.82) is 0 Å². The van der Waals surface area contributed by atoms with Crippen molar-refractivity contribution < 1.29 is 9.18 Å². The number of nitrogens with one attached hydrogen (secondary N) is 2. The van der Waals surface area contributed by atoms with Gasteiger partial charge < -0.3 is 10.3 Å². The Hall–Kier alpha value is -2.95. The fourth-order valence-corrected chi connectivity index (χ4v) is 2.94. The third kappa shape index (κ3) is 3.99. The minimum absolute atomic E-state index is 0.126. The second-order valence-corrected chi connectivity index (χ2v) is 6.50. The molecule has 2 aromatic carbocycles. The van der Waals surface area contributed by atoms with E-state index in [0.717, 1.165) is 27.6 Å². The smallest absolute Gasteiger partial charge is 0.251 e. The first-order chi connectivity index (χ1) is 12.4. The SMILES string of the molecule is Cc1ccc2cc(CCNC(=O)Cc3ccc(F)cc3)c(=O)[nH]c2c1C. The molecular formula is C21H21FN2O2. The minimum Gasteiger partial charge on any atom is -0.355 e. The first kappa shape index (κ1) is 17.9. The van der Waals surface area contributed by atoms with Gasteiger partial charge in [-0.15, -0.1) is 0 Å². The molecule has 0 atom stereocenters. The van der Waals surface area contributed by atoms with Gasteiger partial charge in [-0.05, 0) is 60.5 Å². The molecule has 0 aliphatic rings. The number of fused-ring (bicyclic) bond motifs is 1. The summed E-state index contributed by atoms with van der Waals surface area (Å²) in [4.78, 5) is 27.2. The quantitative estimate of drug-likeness (QED) is 0.741. The Morgan fingerprint density at radius 3 is 2.58 bits per heavy atom. The van der Waals surface area contributed by atoms with E-state index in [1.807, 2.05) is 32.0 Å². The average molecular weight is 352 g/mol. The highest BCUT2D eigenvalue weighted by Crippen LogP contribution is 2.18. The summed E-state index contributed by atoms with van der Waals surface area (Å²) in [5, 5.41) is 3.79. The highest BCUT2D eigenvalue weighted by molar-refractivity contribution is 5.83. The van der Waals surface area contributed by atoms with Gasteiger partial charge in [-0.1, -0.05) is 24.3 Å². The molecule has 3 aromatic rings. The van der Waals surface area contributed by atoms with Crippen LogP contribution in [0.4, 0.5) is 4.39 Å². The van der Waals surface area contributed by atoms with Crippen molar-refractivity contribution >= 4 is 16.8 Å². The zero-order valence-electron chi connectivity index (χ0n) is 14.9. The van der Waals surface area contributed by atoms with Gasteiger partial charge in [0.05, 0.1) is 11.9 Å². The van der Waals surface area contributed by atoms with E-state index in [1.54, 1.807) is 12.1 Å². The molecule has 5 heteroatoms. The maximum atomic E-state index is 12.9. The number of amides is 1. The van der Waals surface area contributed by atoms with Crippen molar-refractivity contribution in [2.45, 2.75) is 26.7 Å². The Morgan fingerprint density at radius 2 is 1.85 bits per heavy atom. The lowest BCUT2D eigenvalue weighted by Gasteiger charge is -2.09. The number of benzene rings is 2. The molecule has 26 heavy (non-hydrogen) atoms. The lowest BCUT2D eigenvalue weighted by atomic mass is 10.0. The number of aromatic nitrogens is 1. The number of rotatable bonds is 5. The van der Waals surface area contributed by atoms with E-state index < -0.39 is 0 Å². The molecule has 4 nitrogen and oxygen atoms in total. The van der Waals surface area contributed by atoms with Crippen molar-refractivity contribution in [3.8, 4) is 0 Å². The van der Waals surface area contributed by atoms with Crippen molar-refractivity contribution in [3.05, 3.63) is 80.9 Å². The van der Waals surface area contributed by atoms with Crippen LogP contribution in [-0.2, 0) is 17.6 Å². The summed E-state index contributed by atoms with van der Waals surface area (Å²) in [5.41, 5.74) is 4.33. The summed E-state index contributed by atoms with van der Waals surface area (Å²) in [6, 6.07) is 11.8. The fraction of sp³-hybridized carbons (Fsp3) is 0.238. The maximum absolute atomic E-state index is 12.9. The molecule has 0 bridgehead atoms. The molecule has 0 radical (unpaired) electrons. The molecular weight excluding hydrogens is 331 g/mol. The van der Waals surface area contributed by atoms with Gasteiger partial charge >= 0.3 is 0 Å². The average Bonchev–Trinajstić information content (AvgIpc) is 2.61. The van der Waals surface area contributed by atoms with Crippen LogP contribution in [0.15, 0.2) is 47.3 Å². The van der Waals surface area contributed by atoms with Gasteiger partial charge in [-0.2, -0.15) is 0 Å². The zero-order chi connectivity index (χ0) is 18.7. The second kappa shape index (κ2) is 7.52. The number of H-pyrrole nitrogens is 1. The minimum atomic E-state index is -0.324. The molecule has 3 rings (SSSR count). The highest BCUT2D eigenvalue weighted by atomic mass is 19.1. The van der Waals surface area contributed by atoms with Crippen LogP contribution in [0.25, 0.3) is 10.9 Å². The van der Waals surface area contributed by atoms with Crippen LogP contribution in [0.5, 0.6) is 0 Å². The summed E-state index contributed by atoms with van der Waals surface area (Å²) in [6.45, 7) is 4.38. The van der Waals surface area contributed by atoms with E-state index in [9.17, 15) is 14.0 Å². The van der Waals surface area contributed by atoms with Crippen LogP contribution in [-0.4, -0.2) is 17.4 Å². The van der Waals surface area contributed by atoms with Gasteiger partial charge in [-0.25, -0.2) is 4.39 Å². The molecule has 0 aliphatic carbocycles. The first-order valence-corrected chi connectivity index (χ1v) is 8.57. The van der Waals surface area contributed by atoms with Gasteiger partial charge in [0.1, 0.15) is 5.82 Å². The number of aryl methyl sites for hydroxylation is 2. The maximum Gasteiger partial charge on any atom is 0.251 e. The predicted octanol–water partition coefficient (Wildman–Crippen LogP) is 3.19. The summed E-state index contributed by atoms with van der Waals surface area (Å²) in [6.07, 6.45) is 0.639. The van der Waals surface area contributed by atoms with Crippen molar-refractivity contribution in [3.63, 3.8) is 0 Å². The van der Waals surface area contributed by atoms with Gasteiger partial charge in [0, 0.05) is 12.1 Å². The lowest BCUT2D eigenvalue weighted by Crippen LogP contribution is -2.28. The topological polar surface area (TPSA) is 62.0 Å². The Bertz CT molecular complexity index is 1010. The molecule has 0 aliphatic heterocycles. The van der Waals surface area contributed by atoms with E-state index in [1.165, 1.54) is 12.1 Å². The second-order valence-electron chi connectivity index (χ2n) is 6.50. The molecule has 0 saturated carbocycles. The number of carbonyl (C=O) groups excluding carboxylic acids is 1. The van der Waals surface area contributed by atoms with Crippen LogP contribution < -0.4 is 10.9 Å². The number of pyridine rings is 1. The third-order valence-corrected chi connectivity index (χ3v) is 4.62. The number of carbonyl (C=O) groups is 1. The number of halogens is 1. The Balaban J connectivity index is 1.63. The predicted molar refractivity (Wildman–Crippen MR) is 101 cm³/mol. The molecule has 0 spiro atoms. The van der Waals surface area contributed by atoms with E-state index in [2.05, 4.69) is 10.3 Å². The Morgan fingerprint density at radius 1 is 1.12 bits per heavy atom. The van der Waals surface area contributed by atoms with E-state index in [0.29, 0.717) is 18.5 Å². The summed E-state index contributed by atoms with van der Waals surface area (Å²) in [7, 11) is 0. The number of hydrogen-bond acceptors (Lipinski definition) is 2. The van der Waals surface area contributed by atoms with Crippen molar-refractivity contribution in [2.24, 2.45) is 0 Å². The van der Waals surface area contributed by atoms with E-state index in [4.69, 9.17) is 0 Å². The monoisotopic (exact) mass is 352 g/mol. The van der Waals surface area contributed by atoms with Crippen LogP contribution in [0.2, 0.25) is 0 Å². The van der Waals surface area contributed by atoms with Crippen LogP contribution in [0, 0.1) is 19.7 Å². The van der Waals surface area contributed by atoms with Crippen LogP contribution in [0.3, 0.4) is 0 Å². The molecule has 134 valence electrons. The van der Waals surface area contributed by atoms with Gasteiger partial charge in [0.25, 0.3) is 5.56 Å². The van der Waals surface area contributed by atoms with Gasteiger partial charge in [0.15, 0.2) is 0 Å². The molecule has 1 heterocycles. The van der Waals surface area contributed by atoms with Crippen molar-refractivity contribution in [1.82, 2.24) is 10.3 Å². The molecule has 1 aromatic heterocycles. The Kier molecular flexibility index (Phi) is 5.16. The molecule has 0 saturated heterocycles. The normalized spacial score (nSPS) is 10.9. The van der Waals surface area contributed by atoms with E-state index >= 15 is 0 Å². The van der Waals surface area contributed by atoms with Crippen molar-refractivity contribution in [2.75, 3.05) is 6.54 Å². The van der Waals surface area contributed by atoms with Crippen LogP contribution in [0.1, 0.15) is 22.3 Å². The van der Waals surface area contributed by atoms with Crippen LogP contribution >= 0.6 is 0 Å². The summed E-state index contributed by atoms with van der Waals surface area (Å²) in [5.74, 6) is -0.476. The zero-order valence-corrected chi connectivity index (χ0v) is 14.9.